The Morgan fingerprint density at radius 3 is 2.43 bits per heavy atom. The Morgan fingerprint density at radius 1 is 1.05 bits per heavy atom. The molecule has 2 aliphatic heterocycles. The summed E-state index contributed by atoms with van der Waals surface area (Å²) < 4.78 is 1.72. The summed E-state index contributed by atoms with van der Waals surface area (Å²) in [6, 6.07) is 4.02. The van der Waals surface area contributed by atoms with E-state index in [4.69, 9.17) is 10.1 Å². The first-order valence-corrected chi connectivity index (χ1v) is 15.1. The lowest BCUT2D eigenvalue weighted by atomic mass is 10.0. The van der Waals surface area contributed by atoms with E-state index >= 15 is 0 Å². The van der Waals surface area contributed by atoms with Crippen LogP contribution in [0.25, 0.3) is 11.0 Å². The van der Waals surface area contributed by atoms with Crippen LogP contribution in [0.4, 0.5) is 17.5 Å². The van der Waals surface area contributed by atoms with Crippen molar-refractivity contribution in [1.29, 1.82) is 0 Å². The van der Waals surface area contributed by atoms with Crippen molar-refractivity contribution in [3.05, 3.63) is 46.0 Å². The standard InChI is InChI=1S/C31H39N7O4/c1-19-26-13-33-31(35-29(26)38(23-6-3-4-7-23)30(42)28(19)20(2)40)34-27-10-9-24(12-32-27)37-16-21-14-36(15-22(21)17-37)11-5-8-25(41)18-39/h9-10,12-13,21-23,39H,3-8,11,14-18H2,1-2H3,(H,32,33,34,35). The summed E-state index contributed by atoms with van der Waals surface area (Å²) in [5.41, 5.74) is 2.23. The van der Waals surface area contributed by atoms with Gasteiger partial charge in [0, 0.05) is 50.2 Å². The number of aliphatic hydroxyl groups is 1. The van der Waals surface area contributed by atoms with Crippen LogP contribution in [0.3, 0.4) is 0 Å². The number of pyridine rings is 2. The number of aromatic nitrogens is 4. The Bertz CT molecular complexity index is 1530. The van der Waals surface area contributed by atoms with Gasteiger partial charge >= 0.3 is 0 Å². The highest BCUT2D eigenvalue weighted by molar-refractivity contribution is 5.99. The van der Waals surface area contributed by atoms with Gasteiger partial charge in [0.25, 0.3) is 5.56 Å². The molecule has 42 heavy (non-hydrogen) atoms. The van der Waals surface area contributed by atoms with Crippen molar-refractivity contribution in [3.8, 4) is 0 Å². The minimum Gasteiger partial charge on any atom is -0.389 e. The van der Waals surface area contributed by atoms with E-state index in [1.807, 2.05) is 12.3 Å². The highest BCUT2D eigenvalue weighted by Crippen LogP contribution is 2.35. The van der Waals surface area contributed by atoms with Crippen LogP contribution in [0.15, 0.2) is 29.3 Å². The molecule has 3 aromatic rings. The molecule has 11 nitrogen and oxygen atoms in total. The number of carbonyl (C=O) groups is 2. The molecule has 0 aromatic carbocycles. The average molecular weight is 574 g/mol. The van der Waals surface area contributed by atoms with Gasteiger partial charge in [-0.3, -0.25) is 19.0 Å². The molecule has 2 atom stereocenters. The molecule has 0 spiro atoms. The second kappa shape index (κ2) is 11.9. The van der Waals surface area contributed by atoms with Crippen molar-refractivity contribution >= 4 is 40.1 Å². The Labute approximate surface area is 245 Å². The van der Waals surface area contributed by atoms with E-state index in [1.165, 1.54) is 6.92 Å². The smallest absolute Gasteiger partial charge is 0.263 e. The van der Waals surface area contributed by atoms with Crippen molar-refractivity contribution in [2.75, 3.05) is 49.5 Å². The highest BCUT2D eigenvalue weighted by atomic mass is 16.3. The minimum absolute atomic E-state index is 0.0290. The second-order valence-corrected chi connectivity index (χ2v) is 12.1. The fourth-order valence-corrected chi connectivity index (χ4v) is 7.13. The van der Waals surface area contributed by atoms with Crippen LogP contribution in [0.1, 0.15) is 67.4 Å². The summed E-state index contributed by atoms with van der Waals surface area (Å²) in [4.78, 5) is 55.9. The molecule has 222 valence electrons. The first-order valence-electron chi connectivity index (χ1n) is 15.1. The number of carbonyl (C=O) groups excluding carboxylic acids is 2. The lowest BCUT2D eigenvalue weighted by Gasteiger charge is -2.23. The summed E-state index contributed by atoms with van der Waals surface area (Å²) in [5.74, 6) is 1.87. The number of fused-ring (bicyclic) bond motifs is 2. The number of aryl methyl sites for hydroxylation is 1. The molecule has 11 heteroatoms. The van der Waals surface area contributed by atoms with Crippen molar-refractivity contribution in [3.63, 3.8) is 0 Å². The maximum atomic E-state index is 13.5. The van der Waals surface area contributed by atoms with E-state index in [-0.39, 0.29) is 35.3 Å². The van der Waals surface area contributed by atoms with Gasteiger partial charge in [0.2, 0.25) is 5.95 Å². The van der Waals surface area contributed by atoms with Gasteiger partial charge in [0.1, 0.15) is 18.1 Å². The van der Waals surface area contributed by atoms with Crippen LogP contribution in [0.2, 0.25) is 0 Å². The third-order valence-electron chi connectivity index (χ3n) is 9.27. The molecule has 2 unspecified atom stereocenters. The molecule has 0 radical (unpaired) electrons. The van der Waals surface area contributed by atoms with Crippen LogP contribution in [0.5, 0.6) is 0 Å². The molecule has 2 N–H and O–H groups in total. The molecule has 0 bridgehead atoms. The largest absolute Gasteiger partial charge is 0.389 e. The maximum Gasteiger partial charge on any atom is 0.263 e. The van der Waals surface area contributed by atoms with Crippen molar-refractivity contribution in [1.82, 2.24) is 24.4 Å². The fourth-order valence-electron chi connectivity index (χ4n) is 7.13. The topological polar surface area (TPSA) is 134 Å². The van der Waals surface area contributed by atoms with Gasteiger partial charge in [0.05, 0.1) is 17.4 Å². The van der Waals surface area contributed by atoms with Gasteiger partial charge < -0.3 is 20.2 Å². The van der Waals surface area contributed by atoms with E-state index < -0.39 is 0 Å². The highest BCUT2D eigenvalue weighted by Gasteiger charge is 2.39. The van der Waals surface area contributed by atoms with Gasteiger partial charge in [-0.2, -0.15) is 4.98 Å². The quantitative estimate of drug-likeness (QED) is 0.348. The Balaban J connectivity index is 1.14. The number of rotatable bonds is 10. The molecule has 2 saturated heterocycles. The van der Waals surface area contributed by atoms with Gasteiger partial charge in [-0.25, -0.2) is 9.97 Å². The normalized spacial score (nSPS) is 20.9. The minimum atomic E-state index is -0.358. The molecule has 5 heterocycles. The summed E-state index contributed by atoms with van der Waals surface area (Å²) in [6.07, 6.45) is 8.73. The van der Waals surface area contributed by atoms with Crippen LogP contribution < -0.4 is 15.8 Å². The number of hydrogen-bond donors (Lipinski definition) is 2. The predicted molar refractivity (Wildman–Crippen MR) is 161 cm³/mol. The number of nitrogens with one attached hydrogen (secondary N) is 1. The zero-order valence-corrected chi connectivity index (χ0v) is 24.4. The lowest BCUT2D eigenvalue weighted by molar-refractivity contribution is -0.121. The van der Waals surface area contributed by atoms with Gasteiger partial charge in [-0.15, -0.1) is 0 Å². The number of anilines is 3. The number of hydrogen-bond acceptors (Lipinski definition) is 10. The van der Waals surface area contributed by atoms with Crippen LogP contribution in [0, 0.1) is 18.8 Å². The Morgan fingerprint density at radius 2 is 1.79 bits per heavy atom. The van der Waals surface area contributed by atoms with Crippen molar-refractivity contribution < 1.29 is 14.7 Å². The average Bonchev–Trinajstić information content (AvgIpc) is 3.71. The maximum absolute atomic E-state index is 13.5. The fraction of sp³-hybridized carbons (Fsp3) is 0.548. The van der Waals surface area contributed by atoms with Crippen LogP contribution in [-0.2, 0) is 4.79 Å². The van der Waals surface area contributed by atoms with Gasteiger partial charge in [-0.05, 0) is 69.2 Å². The molecule has 1 saturated carbocycles. The molecule has 0 amide bonds. The summed E-state index contributed by atoms with van der Waals surface area (Å²) in [6.45, 7) is 7.84. The van der Waals surface area contributed by atoms with Crippen LogP contribution in [-0.4, -0.2) is 80.4 Å². The molecule has 3 aromatic heterocycles. The molecular weight excluding hydrogens is 534 g/mol. The number of nitrogens with zero attached hydrogens (tertiary/aromatic N) is 6. The van der Waals surface area contributed by atoms with E-state index in [0.717, 1.165) is 75.9 Å². The number of Topliss-reactive ketones (excluding diaryl/α,β-unsaturated/α-hetero) is 2. The van der Waals surface area contributed by atoms with Gasteiger partial charge in [0.15, 0.2) is 11.6 Å². The zero-order chi connectivity index (χ0) is 29.4. The molecule has 1 aliphatic carbocycles. The first kappa shape index (κ1) is 28.4. The Kier molecular flexibility index (Phi) is 8.04. The number of aliphatic hydroxyl groups excluding tert-OH is 1. The van der Waals surface area contributed by atoms with Crippen molar-refractivity contribution in [2.45, 2.75) is 58.4 Å². The van der Waals surface area contributed by atoms with Gasteiger partial charge in [-0.1, -0.05) is 12.8 Å². The monoisotopic (exact) mass is 573 g/mol. The first-order chi connectivity index (χ1) is 20.3. The number of ketones is 2. The Hall–Kier alpha value is -3.70. The second-order valence-electron chi connectivity index (χ2n) is 12.1. The van der Waals surface area contributed by atoms with E-state index in [2.05, 4.69) is 31.2 Å². The molecule has 3 aliphatic rings. The summed E-state index contributed by atoms with van der Waals surface area (Å²) >= 11 is 0. The third kappa shape index (κ3) is 5.55. The zero-order valence-electron chi connectivity index (χ0n) is 24.4. The van der Waals surface area contributed by atoms with Crippen molar-refractivity contribution in [2.24, 2.45) is 11.8 Å². The van der Waals surface area contributed by atoms with E-state index in [9.17, 15) is 14.4 Å². The summed E-state index contributed by atoms with van der Waals surface area (Å²) in [5, 5.41) is 12.8. The van der Waals surface area contributed by atoms with E-state index in [1.54, 1.807) is 17.7 Å². The lowest BCUT2D eigenvalue weighted by Crippen LogP contribution is -2.30. The van der Waals surface area contributed by atoms with E-state index in [0.29, 0.717) is 41.2 Å². The summed E-state index contributed by atoms with van der Waals surface area (Å²) in [7, 11) is 0. The molecular formula is C31H39N7O4. The molecule has 6 rings (SSSR count). The SMILES string of the molecule is CC(=O)c1c(C)c2cnc(Nc3ccc(N4CC5CN(CCCC(=O)CO)CC5C4)cn3)nc2n(C2CCCC2)c1=O. The predicted octanol–water partition coefficient (Wildman–Crippen LogP) is 3.27. The van der Waals surface area contributed by atoms with Crippen LogP contribution >= 0.6 is 0 Å². The molecule has 3 fully saturated rings. The number of likely N-dealkylation sites (tertiary alicyclic amines) is 1. The third-order valence-corrected chi connectivity index (χ3v) is 9.27.